The molecule has 16 heavy (non-hydrogen) atoms. The number of nitrogens with zero attached hydrogens (tertiary/aromatic N) is 1. The van der Waals surface area contributed by atoms with Crippen molar-refractivity contribution in [3.63, 3.8) is 0 Å². The Hall–Kier alpha value is -1.86. The van der Waals surface area contributed by atoms with Crippen molar-refractivity contribution in [2.24, 2.45) is 0 Å². The van der Waals surface area contributed by atoms with E-state index in [9.17, 15) is 4.79 Å². The van der Waals surface area contributed by atoms with Gasteiger partial charge in [0, 0.05) is 16.2 Å². The van der Waals surface area contributed by atoms with E-state index in [1.54, 1.807) is 12.3 Å². The van der Waals surface area contributed by atoms with Crippen molar-refractivity contribution >= 4 is 15.9 Å². The summed E-state index contributed by atoms with van der Waals surface area (Å²) in [5, 5.41) is 8.95. The molecule has 0 atom stereocenters. The quantitative estimate of drug-likeness (QED) is 0.869. The average molecular weight is 275 g/mol. The van der Waals surface area contributed by atoms with Gasteiger partial charge in [-0.2, -0.15) is 5.26 Å². The summed E-state index contributed by atoms with van der Waals surface area (Å²) >= 11 is 3.36. The van der Waals surface area contributed by atoms with Gasteiger partial charge in [-0.3, -0.25) is 4.79 Å². The molecule has 2 rings (SSSR count). The first-order valence-corrected chi connectivity index (χ1v) is 5.39. The van der Waals surface area contributed by atoms with Gasteiger partial charge in [0.25, 0.3) is 5.56 Å². The van der Waals surface area contributed by atoms with Gasteiger partial charge >= 0.3 is 0 Å². The number of hydrogen-bond acceptors (Lipinski definition) is 2. The third kappa shape index (κ3) is 1.90. The molecule has 0 radical (unpaired) electrons. The number of H-pyrrole nitrogens is 1. The highest BCUT2D eigenvalue weighted by molar-refractivity contribution is 9.10. The van der Waals surface area contributed by atoms with E-state index in [1.807, 2.05) is 30.3 Å². The molecule has 0 bridgehead atoms. The summed E-state index contributed by atoms with van der Waals surface area (Å²) in [5.74, 6) is 0. The van der Waals surface area contributed by atoms with E-state index < -0.39 is 0 Å². The molecule has 0 aliphatic rings. The number of pyridine rings is 1. The summed E-state index contributed by atoms with van der Waals surface area (Å²) in [6, 6.07) is 11.1. The maximum atomic E-state index is 11.4. The zero-order valence-electron chi connectivity index (χ0n) is 8.20. The third-order valence-corrected chi connectivity index (χ3v) is 2.70. The Bertz CT molecular complexity index is 625. The third-order valence-electron chi connectivity index (χ3n) is 2.21. The predicted octanol–water partition coefficient (Wildman–Crippen LogP) is 2.68. The van der Waals surface area contributed by atoms with Crippen molar-refractivity contribution in [3.8, 4) is 17.2 Å². The Morgan fingerprint density at radius 2 is 2.12 bits per heavy atom. The minimum absolute atomic E-state index is 0.139. The molecule has 1 aromatic heterocycles. The number of nitrogens with one attached hydrogen (secondary N) is 1. The van der Waals surface area contributed by atoms with E-state index in [1.165, 1.54) is 0 Å². The Morgan fingerprint density at radius 1 is 1.31 bits per heavy atom. The van der Waals surface area contributed by atoms with Crippen LogP contribution in [0, 0.1) is 11.3 Å². The fourth-order valence-corrected chi connectivity index (χ4v) is 1.89. The number of aromatic amines is 1. The van der Waals surface area contributed by atoms with Gasteiger partial charge in [0.15, 0.2) is 0 Å². The van der Waals surface area contributed by atoms with Crippen LogP contribution in [0.4, 0.5) is 0 Å². The fraction of sp³-hybridized carbons (Fsp3) is 0. The Morgan fingerprint density at radius 3 is 2.81 bits per heavy atom. The van der Waals surface area contributed by atoms with E-state index in [4.69, 9.17) is 5.26 Å². The van der Waals surface area contributed by atoms with Crippen LogP contribution in [-0.4, -0.2) is 4.98 Å². The van der Waals surface area contributed by atoms with Gasteiger partial charge in [0.05, 0.1) is 0 Å². The molecular weight excluding hydrogens is 268 g/mol. The molecule has 0 aliphatic heterocycles. The molecule has 1 N–H and O–H groups in total. The molecule has 0 spiro atoms. The molecule has 0 saturated heterocycles. The second kappa shape index (κ2) is 4.33. The number of aromatic nitrogens is 1. The fourth-order valence-electron chi connectivity index (χ4n) is 1.49. The lowest BCUT2D eigenvalue weighted by Crippen LogP contribution is -2.10. The van der Waals surface area contributed by atoms with Crippen molar-refractivity contribution in [2.45, 2.75) is 0 Å². The van der Waals surface area contributed by atoms with Crippen LogP contribution in [0.5, 0.6) is 0 Å². The average Bonchev–Trinajstić information content (AvgIpc) is 2.28. The highest BCUT2D eigenvalue weighted by atomic mass is 79.9. The molecule has 0 saturated carbocycles. The number of nitriles is 1. The molecule has 0 aliphatic carbocycles. The zero-order chi connectivity index (χ0) is 11.5. The second-order valence-electron chi connectivity index (χ2n) is 3.22. The van der Waals surface area contributed by atoms with Crippen LogP contribution in [0.2, 0.25) is 0 Å². The van der Waals surface area contributed by atoms with Crippen molar-refractivity contribution in [3.05, 3.63) is 56.9 Å². The molecule has 0 unspecified atom stereocenters. The van der Waals surface area contributed by atoms with E-state index in [0.29, 0.717) is 5.56 Å². The monoisotopic (exact) mass is 274 g/mol. The topological polar surface area (TPSA) is 56.6 Å². The predicted molar refractivity (Wildman–Crippen MR) is 64.9 cm³/mol. The first-order chi connectivity index (χ1) is 7.72. The number of benzene rings is 1. The van der Waals surface area contributed by atoms with Crippen molar-refractivity contribution < 1.29 is 0 Å². The smallest absolute Gasteiger partial charge is 0.266 e. The van der Waals surface area contributed by atoms with Crippen molar-refractivity contribution in [1.82, 2.24) is 4.98 Å². The van der Waals surface area contributed by atoms with Gasteiger partial charge in [-0.1, -0.05) is 28.1 Å². The number of hydrogen-bond donors (Lipinski definition) is 1. The van der Waals surface area contributed by atoms with Crippen molar-refractivity contribution in [1.29, 1.82) is 5.26 Å². The van der Waals surface area contributed by atoms with E-state index in [-0.39, 0.29) is 11.1 Å². The SMILES string of the molecule is N#Cc1c(-c2cccc(Br)c2)cc[nH]c1=O. The van der Waals surface area contributed by atoms with Gasteiger partial charge < -0.3 is 4.98 Å². The van der Waals surface area contributed by atoms with Gasteiger partial charge in [0.1, 0.15) is 11.6 Å². The van der Waals surface area contributed by atoms with Crippen molar-refractivity contribution in [2.75, 3.05) is 0 Å². The molecule has 0 amide bonds. The zero-order valence-corrected chi connectivity index (χ0v) is 9.78. The normalized spacial score (nSPS) is 9.75. The number of halogens is 1. The van der Waals surface area contributed by atoms with E-state index in [0.717, 1.165) is 10.0 Å². The minimum atomic E-state index is -0.361. The van der Waals surface area contributed by atoms with E-state index >= 15 is 0 Å². The lowest BCUT2D eigenvalue weighted by atomic mass is 10.0. The summed E-state index contributed by atoms with van der Waals surface area (Å²) in [6.07, 6.45) is 1.54. The highest BCUT2D eigenvalue weighted by Crippen LogP contribution is 2.23. The Balaban J connectivity index is 2.71. The highest BCUT2D eigenvalue weighted by Gasteiger charge is 2.08. The molecule has 3 nitrogen and oxygen atoms in total. The van der Waals surface area contributed by atoms with Gasteiger partial charge in [-0.05, 0) is 23.8 Å². The molecule has 78 valence electrons. The maximum Gasteiger partial charge on any atom is 0.266 e. The summed E-state index contributed by atoms with van der Waals surface area (Å²) in [4.78, 5) is 13.9. The standard InChI is InChI=1S/C12H7BrN2O/c13-9-3-1-2-8(6-9)10-4-5-15-12(16)11(10)7-14/h1-6H,(H,15,16). The largest absolute Gasteiger partial charge is 0.328 e. The van der Waals surface area contributed by atoms with Crippen LogP contribution in [0.3, 0.4) is 0 Å². The second-order valence-corrected chi connectivity index (χ2v) is 4.13. The van der Waals surface area contributed by atoms with Gasteiger partial charge in [-0.25, -0.2) is 0 Å². The summed E-state index contributed by atoms with van der Waals surface area (Å²) in [7, 11) is 0. The molecule has 2 aromatic rings. The molecule has 4 heteroatoms. The van der Waals surface area contributed by atoms with Crippen LogP contribution >= 0.6 is 15.9 Å². The van der Waals surface area contributed by atoms with Crippen LogP contribution in [0.1, 0.15) is 5.56 Å². The maximum absolute atomic E-state index is 11.4. The summed E-state index contributed by atoms with van der Waals surface area (Å²) in [5.41, 5.74) is 1.27. The molecule has 1 heterocycles. The first kappa shape index (κ1) is 10.7. The Kier molecular flexibility index (Phi) is 2.88. The van der Waals surface area contributed by atoms with Crippen LogP contribution < -0.4 is 5.56 Å². The molecular formula is C12H7BrN2O. The summed E-state index contributed by atoms with van der Waals surface area (Å²) < 4.78 is 0.911. The lowest BCUT2D eigenvalue weighted by Gasteiger charge is -2.03. The van der Waals surface area contributed by atoms with E-state index in [2.05, 4.69) is 20.9 Å². The van der Waals surface area contributed by atoms with Crippen LogP contribution in [0.15, 0.2) is 45.8 Å². The van der Waals surface area contributed by atoms with Crippen LogP contribution in [0.25, 0.3) is 11.1 Å². The first-order valence-electron chi connectivity index (χ1n) is 4.60. The lowest BCUT2D eigenvalue weighted by molar-refractivity contribution is 1.21. The Labute approximate surface area is 100 Å². The molecule has 1 aromatic carbocycles. The molecule has 0 fully saturated rings. The van der Waals surface area contributed by atoms with Gasteiger partial charge in [0.2, 0.25) is 0 Å². The van der Waals surface area contributed by atoms with Gasteiger partial charge in [-0.15, -0.1) is 0 Å². The van der Waals surface area contributed by atoms with Crippen LogP contribution in [-0.2, 0) is 0 Å². The minimum Gasteiger partial charge on any atom is -0.328 e. The number of rotatable bonds is 1. The summed E-state index contributed by atoms with van der Waals surface area (Å²) in [6.45, 7) is 0.